The van der Waals surface area contributed by atoms with Gasteiger partial charge in [0.2, 0.25) is 0 Å². The van der Waals surface area contributed by atoms with Gasteiger partial charge in [0, 0.05) is 29.9 Å². The lowest BCUT2D eigenvalue weighted by Crippen LogP contribution is -2.31. The van der Waals surface area contributed by atoms with E-state index in [0.717, 1.165) is 10.2 Å². The van der Waals surface area contributed by atoms with Gasteiger partial charge in [0.1, 0.15) is 5.56 Å². The molecule has 0 aliphatic rings. The topological polar surface area (TPSA) is 116 Å². The molecule has 0 aliphatic carbocycles. The van der Waals surface area contributed by atoms with E-state index in [1.807, 2.05) is 36.4 Å². The van der Waals surface area contributed by atoms with Crippen LogP contribution in [0.1, 0.15) is 10.4 Å². The van der Waals surface area contributed by atoms with Gasteiger partial charge in [-0.3, -0.25) is 19.7 Å². The molecule has 0 saturated carbocycles. The van der Waals surface area contributed by atoms with Crippen molar-refractivity contribution in [2.75, 3.05) is 12.4 Å². The van der Waals surface area contributed by atoms with Gasteiger partial charge in [-0.1, -0.05) is 60.7 Å². The first-order valence-electron chi connectivity index (χ1n) is 10.3. The molecule has 1 N–H and O–H groups in total. The molecule has 3 aromatic carbocycles. The molecule has 0 bridgehead atoms. The molecular formula is C25H20N4O5. The Morgan fingerprint density at radius 2 is 1.62 bits per heavy atom. The Balaban J connectivity index is 1.90. The number of hydrogen-bond donors (Lipinski definition) is 1. The number of aryl methyl sites for hydroxylation is 1. The SMILES string of the molecule is COc1ccc(NC(=O)c2c(-c3ccccc3)c(-c3ccccc3)nn(C)c2=O)cc1[N+](=O)[O-]. The molecule has 0 saturated heterocycles. The van der Waals surface area contributed by atoms with E-state index in [4.69, 9.17) is 4.74 Å². The number of nitro groups is 1. The van der Waals surface area contributed by atoms with Crippen LogP contribution in [0.2, 0.25) is 0 Å². The van der Waals surface area contributed by atoms with Crippen LogP contribution in [-0.2, 0) is 7.05 Å². The molecule has 1 amide bonds. The number of nitrogens with zero attached hydrogens (tertiary/aromatic N) is 3. The number of carbonyl (C=O) groups excluding carboxylic acids is 1. The van der Waals surface area contributed by atoms with Gasteiger partial charge in [-0.25, -0.2) is 4.68 Å². The van der Waals surface area contributed by atoms with E-state index in [1.54, 1.807) is 24.3 Å². The second-order valence-electron chi connectivity index (χ2n) is 7.36. The molecular weight excluding hydrogens is 436 g/mol. The fourth-order valence-electron chi connectivity index (χ4n) is 3.63. The average molecular weight is 456 g/mol. The van der Waals surface area contributed by atoms with Gasteiger partial charge in [0.25, 0.3) is 11.5 Å². The number of nitrogens with one attached hydrogen (secondary N) is 1. The Morgan fingerprint density at radius 3 is 2.21 bits per heavy atom. The third kappa shape index (κ3) is 4.26. The average Bonchev–Trinajstić information content (AvgIpc) is 2.86. The van der Waals surface area contributed by atoms with E-state index in [9.17, 15) is 19.7 Å². The molecule has 34 heavy (non-hydrogen) atoms. The zero-order valence-corrected chi connectivity index (χ0v) is 18.4. The van der Waals surface area contributed by atoms with Gasteiger partial charge in [0.05, 0.1) is 17.7 Å². The number of aromatic nitrogens is 2. The molecule has 0 spiro atoms. The van der Waals surface area contributed by atoms with Gasteiger partial charge in [-0.2, -0.15) is 5.10 Å². The van der Waals surface area contributed by atoms with Crippen LogP contribution in [0.5, 0.6) is 5.75 Å². The summed E-state index contributed by atoms with van der Waals surface area (Å²) in [5.74, 6) is -0.655. The Kier molecular flexibility index (Phi) is 6.18. The van der Waals surface area contributed by atoms with Gasteiger partial charge in [0.15, 0.2) is 5.75 Å². The van der Waals surface area contributed by atoms with Crippen molar-refractivity contribution in [1.29, 1.82) is 0 Å². The maximum Gasteiger partial charge on any atom is 0.312 e. The number of hydrogen-bond acceptors (Lipinski definition) is 6. The smallest absolute Gasteiger partial charge is 0.312 e. The van der Waals surface area contributed by atoms with Crippen LogP contribution >= 0.6 is 0 Å². The fraction of sp³-hybridized carbons (Fsp3) is 0.0800. The van der Waals surface area contributed by atoms with E-state index < -0.39 is 16.4 Å². The standard InChI is InChI=1S/C25H20N4O5/c1-28-25(31)22(24(30)26-18-13-14-20(34-2)19(15-18)29(32)33)21(16-9-5-3-6-10-16)23(27-28)17-11-7-4-8-12-17/h3-15H,1-2H3,(H,26,30). The Bertz CT molecular complexity index is 1430. The molecule has 1 aromatic heterocycles. The number of nitro benzene ring substituents is 1. The molecule has 4 rings (SSSR count). The van der Waals surface area contributed by atoms with Crippen LogP contribution in [0.3, 0.4) is 0 Å². The van der Waals surface area contributed by atoms with Crippen LogP contribution in [0.25, 0.3) is 22.4 Å². The van der Waals surface area contributed by atoms with Crippen molar-refractivity contribution in [3.63, 3.8) is 0 Å². The van der Waals surface area contributed by atoms with Crippen molar-refractivity contribution in [3.05, 3.63) is 105 Å². The largest absolute Gasteiger partial charge is 0.490 e. The molecule has 0 unspecified atom stereocenters. The highest BCUT2D eigenvalue weighted by Gasteiger charge is 2.25. The highest BCUT2D eigenvalue weighted by atomic mass is 16.6. The number of anilines is 1. The summed E-state index contributed by atoms with van der Waals surface area (Å²) >= 11 is 0. The van der Waals surface area contributed by atoms with E-state index in [2.05, 4.69) is 10.4 Å². The molecule has 0 atom stereocenters. The molecule has 0 aliphatic heterocycles. The molecule has 170 valence electrons. The van der Waals surface area contributed by atoms with Crippen LogP contribution in [0.15, 0.2) is 83.7 Å². The molecule has 0 radical (unpaired) electrons. The van der Waals surface area contributed by atoms with Crippen molar-refractivity contribution in [2.45, 2.75) is 0 Å². The van der Waals surface area contributed by atoms with Gasteiger partial charge < -0.3 is 10.1 Å². The predicted octanol–water partition coefficient (Wildman–Crippen LogP) is 4.28. The first kappa shape index (κ1) is 22.4. The molecule has 4 aromatic rings. The number of ether oxygens (including phenoxy) is 1. The first-order valence-corrected chi connectivity index (χ1v) is 10.3. The second kappa shape index (κ2) is 9.37. The molecule has 9 nitrogen and oxygen atoms in total. The summed E-state index contributed by atoms with van der Waals surface area (Å²) in [6.45, 7) is 0. The fourth-order valence-corrected chi connectivity index (χ4v) is 3.63. The van der Waals surface area contributed by atoms with Crippen molar-refractivity contribution in [3.8, 4) is 28.1 Å². The first-order chi connectivity index (χ1) is 16.4. The summed E-state index contributed by atoms with van der Waals surface area (Å²) < 4.78 is 6.12. The maximum atomic E-state index is 13.4. The summed E-state index contributed by atoms with van der Waals surface area (Å²) in [7, 11) is 2.79. The molecule has 9 heteroatoms. The van der Waals surface area contributed by atoms with Crippen molar-refractivity contribution < 1.29 is 14.5 Å². The van der Waals surface area contributed by atoms with E-state index in [0.29, 0.717) is 16.8 Å². The molecule has 0 fully saturated rings. The second-order valence-corrected chi connectivity index (χ2v) is 7.36. The minimum Gasteiger partial charge on any atom is -0.490 e. The van der Waals surface area contributed by atoms with E-state index in [-0.39, 0.29) is 22.7 Å². The zero-order valence-electron chi connectivity index (χ0n) is 18.4. The predicted molar refractivity (Wildman–Crippen MR) is 128 cm³/mol. The van der Waals surface area contributed by atoms with Crippen LogP contribution in [0.4, 0.5) is 11.4 Å². The normalized spacial score (nSPS) is 10.5. The summed E-state index contributed by atoms with van der Waals surface area (Å²) in [5, 5.41) is 18.4. The lowest BCUT2D eigenvalue weighted by molar-refractivity contribution is -0.385. The summed E-state index contributed by atoms with van der Waals surface area (Å²) in [6.07, 6.45) is 0. The summed E-state index contributed by atoms with van der Waals surface area (Å²) in [6, 6.07) is 22.3. The van der Waals surface area contributed by atoms with Crippen molar-refractivity contribution >= 4 is 17.3 Å². The van der Waals surface area contributed by atoms with E-state index >= 15 is 0 Å². The summed E-state index contributed by atoms with van der Waals surface area (Å²) in [5.41, 5.74) is 1.31. The van der Waals surface area contributed by atoms with E-state index in [1.165, 1.54) is 32.4 Å². The maximum absolute atomic E-state index is 13.4. The van der Waals surface area contributed by atoms with Crippen LogP contribution in [0, 0.1) is 10.1 Å². The minimum absolute atomic E-state index is 0.0548. The van der Waals surface area contributed by atoms with Gasteiger partial charge in [-0.15, -0.1) is 0 Å². The lowest BCUT2D eigenvalue weighted by Gasteiger charge is -2.16. The zero-order chi connectivity index (χ0) is 24.2. The monoisotopic (exact) mass is 456 g/mol. The highest BCUT2D eigenvalue weighted by Crippen LogP contribution is 2.33. The van der Waals surface area contributed by atoms with Crippen molar-refractivity contribution in [2.24, 2.45) is 7.05 Å². The van der Waals surface area contributed by atoms with Crippen molar-refractivity contribution in [1.82, 2.24) is 9.78 Å². The number of amides is 1. The lowest BCUT2D eigenvalue weighted by atomic mass is 9.95. The van der Waals surface area contributed by atoms with Crippen LogP contribution < -0.4 is 15.6 Å². The third-order valence-electron chi connectivity index (χ3n) is 5.21. The minimum atomic E-state index is -0.710. The Morgan fingerprint density at radius 1 is 1.00 bits per heavy atom. The molecule has 1 heterocycles. The third-order valence-corrected chi connectivity index (χ3v) is 5.21. The Hall–Kier alpha value is -4.79. The number of rotatable bonds is 6. The number of carbonyl (C=O) groups is 1. The van der Waals surface area contributed by atoms with Gasteiger partial charge in [-0.05, 0) is 17.7 Å². The number of benzene rings is 3. The number of methoxy groups -OCH3 is 1. The van der Waals surface area contributed by atoms with Gasteiger partial charge >= 0.3 is 5.69 Å². The highest BCUT2D eigenvalue weighted by molar-refractivity contribution is 6.10. The van der Waals surface area contributed by atoms with Crippen LogP contribution in [-0.4, -0.2) is 27.7 Å². The quantitative estimate of drug-likeness (QED) is 0.342. The Labute approximate surface area is 194 Å². The summed E-state index contributed by atoms with van der Waals surface area (Å²) in [4.78, 5) is 37.4.